The zero-order chi connectivity index (χ0) is 12.9. The number of hydrogen-bond acceptors (Lipinski definition) is 2. The second kappa shape index (κ2) is 6.24. The smallest absolute Gasteiger partial charge is 0.315 e. The van der Waals surface area contributed by atoms with Crippen molar-refractivity contribution >= 4 is 6.03 Å². The Hall–Kier alpha value is -0.770. The number of amides is 2. The van der Waals surface area contributed by atoms with Crippen LogP contribution in [0.1, 0.15) is 52.9 Å². The largest absolute Gasteiger partial charge is 0.336 e. The summed E-state index contributed by atoms with van der Waals surface area (Å²) in [6, 6.07) is 0.0807. The maximum atomic E-state index is 11.8. The van der Waals surface area contributed by atoms with Gasteiger partial charge in [0.1, 0.15) is 0 Å². The lowest BCUT2D eigenvalue weighted by atomic mass is 9.75. The molecule has 0 heterocycles. The lowest BCUT2D eigenvalue weighted by Crippen LogP contribution is -2.58. The average molecular weight is 241 g/mol. The van der Waals surface area contributed by atoms with Gasteiger partial charge < -0.3 is 16.4 Å². The van der Waals surface area contributed by atoms with Crippen molar-refractivity contribution in [3.63, 3.8) is 0 Å². The second-order valence-corrected chi connectivity index (χ2v) is 5.59. The summed E-state index contributed by atoms with van der Waals surface area (Å²) in [6.07, 6.45) is 5.60. The number of urea groups is 1. The van der Waals surface area contributed by atoms with Crippen LogP contribution in [-0.4, -0.2) is 24.2 Å². The number of nitrogens with one attached hydrogen (secondary N) is 2. The average Bonchev–Trinajstić information content (AvgIpc) is 2.29. The van der Waals surface area contributed by atoms with Crippen molar-refractivity contribution in [2.45, 2.75) is 64.5 Å². The number of carbonyl (C=O) groups excluding carboxylic acids is 1. The predicted molar refractivity (Wildman–Crippen MR) is 70.8 cm³/mol. The van der Waals surface area contributed by atoms with Gasteiger partial charge in [-0.05, 0) is 45.4 Å². The highest BCUT2D eigenvalue weighted by Gasteiger charge is 2.34. The summed E-state index contributed by atoms with van der Waals surface area (Å²) in [7, 11) is 0. The molecule has 4 heteroatoms. The Morgan fingerprint density at radius 1 is 1.41 bits per heavy atom. The van der Waals surface area contributed by atoms with Crippen LogP contribution in [0, 0.1) is 5.92 Å². The maximum absolute atomic E-state index is 11.8. The zero-order valence-corrected chi connectivity index (χ0v) is 11.4. The maximum Gasteiger partial charge on any atom is 0.315 e. The van der Waals surface area contributed by atoms with Crippen molar-refractivity contribution in [3.8, 4) is 0 Å². The van der Waals surface area contributed by atoms with Crippen LogP contribution in [0.15, 0.2) is 0 Å². The van der Waals surface area contributed by atoms with Crippen LogP contribution >= 0.6 is 0 Å². The van der Waals surface area contributed by atoms with Crippen LogP contribution in [-0.2, 0) is 0 Å². The molecule has 0 saturated heterocycles. The lowest BCUT2D eigenvalue weighted by molar-refractivity contribution is 0.181. The van der Waals surface area contributed by atoms with Crippen molar-refractivity contribution in [3.05, 3.63) is 0 Å². The lowest BCUT2D eigenvalue weighted by Gasteiger charge is -2.40. The van der Waals surface area contributed by atoms with E-state index in [0.717, 1.165) is 18.8 Å². The highest BCUT2D eigenvalue weighted by molar-refractivity contribution is 5.75. The molecule has 2 amide bonds. The molecule has 4 nitrogen and oxygen atoms in total. The van der Waals surface area contributed by atoms with E-state index >= 15 is 0 Å². The number of rotatable bonds is 4. The molecule has 0 spiro atoms. The fraction of sp³-hybridized carbons (Fsp3) is 0.923. The SMILES string of the molecule is CCC1CCC(CN)(NC(=O)NC(C)C)CC1. The molecule has 0 aromatic rings. The molecular weight excluding hydrogens is 214 g/mol. The molecule has 1 aliphatic carbocycles. The molecular formula is C13H27N3O. The van der Waals surface area contributed by atoms with E-state index in [4.69, 9.17) is 5.73 Å². The third kappa shape index (κ3) is 4.19. The van der Waals surface area contributed by atoms with E-state index < -0.39 is 0 Å². The van der Waals surface area contributed by atoms with Gasteiger partial charge in [-0.15, -0.1) is 0 Å². The van der Waals surface area contributed by atoms with Crippen LogP contribution in [0.3, 0.4) is 0 Å². The summed E-state index contributed by atoms with van der Waals surface area (Å²) in [5.41, 5.74) is 5.69. The molecule has 0 aromatic heterocycles. The number of nitrogens with two attached hydrogens (primary N) is 1. The van der Waals surface area contributed by atoms with Crippen molar-refractivity contribution < 1.29 is 4.79 Å². The quantitative estimate of drug-likeness (QED) is 0.704. The molecule has 1 aliphatic rings. The van der Waals surface area contributed by atoms with Gasteiger partial charge in [-0.2, -0.15) is 0 Å². The highest BCUT2D eigenvalue weighted by atomic mass is 16.2. The zero-order valence-electron chi connectivity index (χ0n) is 11.4. The third-order valence-electron chi connectivity index (χ3n) is 3.83. The summed E-state index contributed by atoms with van der Waals surface area (Å²) >= 11 is 0. The Morgan fingerprint density at radius 3 is 2.41 bits per heavy atom. The summed E-state index contributed by atoms with van der Waals surface area (Å²) in [5, 5.41) is 5.95. The van der Waals surface area contributed by atoms with Gasteiger partial charge >= 0.3 is 6.03 Å². The highest BCUT2D eigenvalue weighted by Crippen LogP contribution is 2.33. The molecule has 0 bridgehead atoms. The van der Waals surface area contributed by atoms with E-state index in [1.165, 1.54) is 19.3 Å². The van der Waals surface area contributed by atoms with Crippen molar-refractivity contribution in [1.29, 1.82) is 0 Å². The summed E-state index contributed by atoms with van der Waals surface area (Å²) in [4.78, 5) is 11.8. The molecule has 0 aromatic carbocycles. The van der Waals surface area contributed by atoms with E-state index in [1.807, 2.05) is 13.8 Å². The predicted octanol–water partition coefficient (Wildman–Crippen LogP) is 1.99. The van der Waals surface area contributed by atoms with Crippen molar-refractivity contribution in [1.82, 2.24) is 10.6 Å². The van der Waals surface area contributed by atoms with Gasteiger partial charge in [-0.3, -0.25) is 0 Å². The minimum absolute atomic E-state index is 0.0830. The molecule has 0 aliphatic heterocycles. The fourth-order valence-electron chi connectivity index (χ4n) is 2.56. The Bertz CT molecular complexity index is 245. The van der Waals surface area contributed by atoms with Gasteiger partial charge in [-0.25, -0.2) is 4.79 Å². The molecule has 1 saturated carbocycles. The number of hydrogen-bond donors (Lipinski definition) is 3. The van der Waals surface area contributed by atoms with Crippen LogP contribution in [0.5, 0.6) is 0 Å². The van der Waals surface area contributed by atoms with Crippen molar-refractivity contribution in [2.24, 2.45) is 11.7 Å². The first-order chi connectivity index (χ1) is 8.01. The van der Waals surface area contributed by atoms with Gasteiger partial charge in [0, 0.05) is 12.6 Å². The molecule has 0 unspecified atom stereocenters. The first kappa shape index (κ1) is 14.3. The van der Waals surface area contributed by atoms with E-state index in [9.17, 15) is 4.79 Å². The third-order valence-corrected chi connectivity index (χ3v) is 3.83. The fourth-order valence-corrected chi connectivity index (χ4v) is 2.56. The standard InChI is InChI=1S/C13H27N3O/c1-4-11-5-7-13(9-14,8-6-11)16-12(17)15-10(2)3/h10-11H,4-9,14H2,1-3H3,(H2,15,16,17). The molecule has 1 fully saturated rings. The Kier molecular flexibility index (Phi) is 5.25. The van der Waals surface area contributed by atoms with Gasteiger partial charge in [0.05, 0.1) is 5.54 Å². The monoisotopic (exact) mass is 241 g/mol. The molecule has 1 rings (SSSR count). The van der Waals surface area contributed by atoms with E-state index in [1.54, 1.807) is 0 Å². The summed E-state index contributed by atoms with van der Waals surface area (Å²) < 4.78 is 0. The van der Waals surface area contributed by atoms with Crippen LogP contribution in [0.4, 0.5) is 4.79 Å². The molecule has 17 heavy (non-hydrogen) atoms. The van der Waals surface area contributed by atoms with E-state index in [2.05, 4.69) is 17.6 Å². The number of carbonyl (C=O) groups is 1. The first-order valence-corrected chi connectivity index (χ1v) is 6.80. The Morgan fingerprint density at radius 2 is 2.00 bits per heavy atom. The normalized spacial score (nSPS) is 29.1. The topological polar surface area (TPSA) is 67.1 Å². The van der Waals surface area contributed by atoms with Crippen LogP contribution in [0.25, 0.3) is 0 Å². The van der Waals surface area contributed by atoms with Gasteiger partial charge in [0.15, 0.2) is 0 Å². The first-order valence-electron chi connectivity index (χ1n) is 6.80. The summed E-state index contributed by atoms with van der Waals surface area (Å²) in [6.45, 7) is 6.69. The van der Waals surface area contributed by atoms with E-state index in [-0.39, 0.29) is 17.6 Å². The van der Waals surface area contributed by atoms with Gasteiger partial charge in [0.2, 0.25) is 0 Å². The van der Waals surface area contributed by atoms with Crippen LogP contribution < -0.4 is 16.4 Å². The Labute approximate surface area is 105 Å². The van der Waals surface area contributed by atoms with Crippen molar-refractivity contribution in [2.75, 3.05) is 6.54 Å². The molecule has 0 radical (unpaired) electrons. The molecule has 0 atom stereocenters. The minimum Gasteiger partial charge on any atom is -0.336 e. The second-order valence-electron chi connectivity index (χ2n) is 5.59. The molecule has 4 N–H and O–H groups in total. The van der Waals surface area contributed by atoms with Crippen LogP contribution in [0.2, 0.25) is 0 Å². The molecule has 100 valence electrons. The summed E-state index contributed by atoms with van der Waals surface area (Å²) in [5.74, 6) is 0.810. The minimum atomic E-state index is -0.176. The van der Waals surface area contributed by atoms with E-state index in [0.29, 0.717) is 6.54 Å². The van der Waals surface area contributed by atoms with Gasteiger partial charge in [-0.1, -0.05) is 13.3 Å². The Balaban J connectivity index is 2.50. The van der Waals surface area contributed by atoms with Gasteiger partial charge in [0.25, 0.3) is 0 Å².